The molecule has 0 saturated carbocycles. The Kier molecular flexibility index (Phi) is 6.91. The molecule has 122 valence electrons. The van der Waals surface area contributed by atoms with Crippen LogP contribution in [0.4, 0.5) is 0 Å². The van der Waals surface area contributed by atoms with E-state index < -0.39 is 36.0 Å². The first kappa shape index (κ1) is 18.8. The Morgan fingerprint density at radius 1 is 1.26 bits per heavy atom. The largest absolute Gasteiger partial charge is 0.468 e. The summed E-state index contributed by atoms with van der Waals surface area (Å²) in [6, 6.07) is 8.39. The molecule has 0 aromatic heterocycles. The Hall–Kier alpha value is -2.20. The van der Waals surface area contributed by atoms with E-state index in [9.17, 15) is 14.4 Å². The molecule has 0 radical (unpaired) electrons. The van der Waals surface area contributed by atoms with Crippen LogP contribution in [0.25, 0.3) is 0 Å². The lowest BCUT2D eigenvalue weighted by Gasteiger charge is -2.25. The van der Waals surface area contributed by atoms with Crippen molar-refractivity contribution >= 4 is 33.7 Å². The molecule has 0 aliphatic carbocycles. The molecule has 0 heterocycles. The number of hydrogen-bond acceptors (Lipinski definition) is 6. The van der Waals surface area contributed by atoms with E-state index in [1.807, 2.05) is 0 Å². The van der Waals surface area contributed by atoms with Crippen LogP contribution in [0.5, 0.6) is 0 Å². The number of Topliss-reactive ketones (excluding diaryl/α,β-unsaturated/α-hetero) is 1. The quantitative estimate of drug-likeness (QED) is 0.409. The minimum atomic E-state index is -1.97. The van der Waals surface area contributed by atoms with Crippen LogP contribution in [0.15, 0.2) is 28.7 Å². The molecule has 23 heavy (non-hydrogen) atoms. The molecule has 0 fully saturated rings. The predicted molar refractivity (Wildman–Crippen MR) is 84.4 cm³/mol. The highest BCUT2D eigenvalue weighted by Crippen LogP contribution is 2.33. The Bertz CT molecular complexity index is 652. The monoisotopic (exact) mass is 381 g/mol. The highest BCUT2D eigenvalue weighted by atomic mass is 79.9. The predicted octanol–water partition coefficient (Wildman–Crippen LogP) is 2.66. The molecule has 6 nitrogen and oxygen atoms in total. The zero-order chi connectivity index (χ0) is 17.5. The van der Waals surface area contributed by atoms with Gasteiger partial charge in [0.1, 0.15) is 0 Å². The minimum absolute atomic E-state index is 0.0201. The second-order valence-electron chi connectivity index (χ2n) is 4.71. The van der Waals surface area contributed by atoms with Crippen molar-refractivity contribution in [3.63, 3.8) is 0 Å². The molecular weight excluding hydrogens is 366 g/mol. The fraction of sp³-hybridized carbons (Fsp3) is 0.375. The summed E-state index contributed by atoms with van der Waals surface area (Å²) in [4.78, 5) is 37.0. The number of nitriles is 1. The van der Waals surface area contributed by atoms with Crippen molar-refractivity contribution in [1.29, 1.82) is 5.26 Å². The summed E-state index contributed by atoms with van der Waals surface area (Å²) in [5.41, 5.74) is -1.66. The van der Waals surface area contributed by atoms with Crippen LogP contribution in [0.1, 0.15) is 30.1 Å². The van der Waals surface area contributed by atoms with E-state index in [-0.39, 0.29) is 6.61 Å². The Labute approximate surface area is 142 Å². The van der Waals surface area contributed by atoms with Crippen LogP contribution in [0, 0.1) is 16.7 Å². The van der Waals surface area contributed by atoms with Gasteiger partial charge in [0.25, 0.3) is 0 Å². The molecule has 1 aromatic carbocycles. The van der Waals surface area contributed by atoms with E-state index in [2.05, 4.69) is 20.7 Å². The van der Waals surface area contributed by atoms with Gasteiger partial charge in [-0.1, -0.05) is 34.1 Å². The lowest BCUT2D eigenvalue weighted by molar-refractivity contribution is -0.170. The molecule has 0 spiro atoms. The normalized spacial score (nSPS) is 12.6. The van der Waals surface area contributed by atoms with Gasteiger partial charge in [0.05, 0.1) is 26.2 Å². The van der Waals surface area contributed by atoms with Crippen LogP contribution >= 0.6 is 15.9 Å². The molecular formula is C16H16BrNO5. The third kappa shape index (κ3) is 4.17. The summed E-state index contributed by atoms with van der Waals surface area (Å²) in [5.74, 6) is -2.36. The van der Waals surface area contributed by atoms with Crippen molar-refractivity contribution in [1.82, 2.24) is 0 Å². The number of esters is 2. The summed E-state index contributed by atoms with van der Waals surface area (Å²) in [7, 11) is 1.09. The molecule has 0 saturated heterocycles. The fourth-order valence-corrected chi connectivity index (χ4v) is 2.60. The Morgan fingerprint density at radius 3 is 2.43 bits per heavy atom. The van der Waals surface area contributed by atoms with E-state index in [1.54, 1.807) is 37.3 Å². The van der Waals surface area contributed by atoms with Gasteiger partial charge in [-0.3, -0.25) is 14.4 Å². The second kappa shape index (κ2) is 8.44. The van der Waals surface area contributed by atoms with Crippen molar-refractivity contribution in [3.05, 3.63) is 34.3 Å². The number of ketones is 1. The summed E-state index contributed by atoms with van der Waals surface area (Å²) >= 11 is 3.25. The zero-order valence-corrected chi connectivity index (χ0v) is 14.4. The third-order valence-electron chi connectivity index (χ3n) is 3.26. The van der Waals surface area contributed by atoms with Crippen molar-refractivity contribution in [2.24, 2.45) is 5.41 Å². The van der Waals surface area contributed by atoms with E-state index in [0.29, 0.717) is 10.0 Å². The second-order valence-corrected chi connectivity index (χ2v) is 5.56. The molecule has 1 rings (SSSR count). The smallest absolute Gasteiger partial charge is 0.325 e. The Morgan fingerprint density at radius 2 is 1.91 bits per heavy atom. The van der Waals surface area contributed by atoms with Gasteiger partial charge < -0.3 is 9.47 Å². The molecule has 0 aliphatic heterocycles. The molecule has 7 heteroatoms. The van der Waals surface area contributed by atoms with Crippen LogP contribution in [0.2, 0.25) is 0 Å². The number of benzene rings is 1. The van der Waals surface area contributed by atoms with Crippen molar-refractivity contribution in [2.45, 2.75) is 19.8 Å². The number of carbonyl (C=O) groups is 3. The summed E-state index contributed by atoms with van der Waals surface area (Å²) in [5, 5.41) is 9.02. The van der Waals surface area contributed by atoms with E-state index in [4.69, 9.17) is 10.00 Å². The van der Waals surface area contributed by atoms with Gasteiger partial charge in [-0.15, -0.1) is 0 Å². The third-order valence-corrected chi connectivity index (χ3v) is 3.95. The van der Waals surface area contributed by atoms with Gasteiger partial charge in [0.2, 0.25) is 0 Å². The van der Waals surface area contributed by atoms with Gasteiger partial charge in [0.15, 0.2) is 11.2 Å². The van der Waals surface area contributed by atoms with Gasteiger partial charge in [-0.25, -0.2) is 0 Å². The highest BCUT2D eigenvalue weighted by molar-refractivity contribution is 9.10. The average molecular weight is 382 g/mol. The lowest BCUT2D eigenvalue weighted by Crippen LogP contribution is -2.43. The van der Waals surface area contributed by atoms with Gasteiger partial charge in [-0.2, -0.15) is 5.26 Å². The molecule has 1 unspecified atom stereocenters. The van der Waals surface area contributed by atoms with Gasteiger partial charge in [-0.05, 0) is 13.0 Å². The van der Waals surface area contributed by atoms with E-state index in [1.165, 1.54) is 0 Å². The summed E-state index contributed by atoms with van der Waals surface area (Å²) in [6.45, 7) is 1.59. The maximum absolute atomic E-state index is 12.5. The molecule has 0 amide bonds. The maximum atomic E-state index is 12.5. The zero-order valence-electron chi connectivity index (χ0n) is 12.8. The van der Waals surface area contributed by atoms with Crippen LogP contribution in [0.3, 0.4) is 0 Å². The molecule has 0 bridgehead atoms. The maximum Gasteiger partial charge on any atom is 0.325 e. The molecule has 0 N–H and O–H groups in total. The van der Waals surface area contributed by atoms with Crippen LogP contribution < -0.4 is 0 Å². The average Bonchev–Trinajstić information content (AvgIpc) is 2.54. The standard InChI is InChI=1S/C16H16BrNO5/c1-3-23-15(21)16(8-9-18,14(20)22-2)10-13(19)11-6-4-5-7-12(11)17/h4-7H,3,8,10H2,1-2H3. The first-order valence-corrected chi connectivity index (χ1v) is 7.62. The fourth-order valence-electron chi connectivity index (χ4n) is 2.09. The lowest BCUT2D eigenvalue weighted by atomic mass is 9.79. The van der Waals surface area contributed by atoms with Gasteiger partial charge in [0, 0.05) is 16.5 Å². The number of nitrogens with zero attached hydrogens (tertiary/aromatic N) is 1. The van der Waals surface area contributed by atoms with Crippen molar-refractivity contribution in [2.75, 3.05) is 13.7 Å². The van der Waals surface area contributed by atoms with Crippen molar-refractivity contribution < 1.29 is 23.9 Å². The molecule has 1 aromatic rings. The number of halogens is 1. The van der Waals surface area contributed by atoms with E-state index >= 15 is 0 Å². The van der Waals surface area contributed by atoms with E-state index in [0.717, 1.165) is 7.11 Å². The first-order chi connectivity index (χ1) is 10.9. The summed E-state index contributed by atoms with van der Waals surface area (Å²) < 4.78 is 10.1. The minimum Gasteiger partial charge on any atom is -0.468 e. The first-order valence-electron chi connectivity index (χ1n) is 6.83. The molecule has 1 atom stereocenters. The molecule has 0 aliphatic rings. The SMILES string of the molecule is CCOC(=O)C(CC#N)(CC(=O)c1ccccc1Br)C(=O)OC. The Balaban J connectivity index is 3.26. The number of rotatable bonds is 7. The number of ether oxygens (including phenoxy) is 2. The number of hydrogen-bond donors (Lipinski definition) is 0. The number of methoxy groups -OCH3 is 1. The topological polar surface area (TPSA) is 93.5 Å². The summed E-state index contributed by atoms with van der Waals surface area (Å²) in [6.07, 6.45) is -1.01. The highest BCUT2D eigenvalue weighted by Gasteiger charge is 2.50. The number of carbonyl (C=O) groups excluding carboxylic acids is 3. The van der Waals surface area contributed by atoms with Gasteiger partial charge >= 0.3 is 11.9 Å². The van der Waals surface area contributed by atoms with Crippen LogP contribution in [-0.4, -0.2) is 31.4 Å². The van der Waals surface area contributed by atoms with Crippen molar-refractivity contribution in [3.8, 4) is 6.07 Å². The van der Waals surface area contributed by atoms with Crippen LogP contribution in [-0.2, 0) is 19.1 Å².